The minimum Gasteiger partial charge on any atom is -0.351 e. The molecule has 2 heteroatoms. The molecule has 0 aliphatic heterocycles. The van der Waals surface area contributed by atoms with Crippen LogP contribution in [0.15, 0.2) is 55.0 Å². The van der Waals surface area contributed by atoms with Gasteiger partial charge in [-0.2, -0.15) is 0 Å². The Morgan fingerprint density at radius 3 is 2.56 bits per heavy atom. The maximum atomic E-state index is 4.03. The monoisotopic (exact) mass is 208 g/mol. The quantitative estimate of drug-likeness (QED) is 0.600. The van der Waals surface area contributed by atoms with Crippen LogP contribution in [0, 0.1) is 0 Å². The van der Waals surface area contributed by atoms with Crippen molar-refractivity contribution in [3.8, 4) is 11.1 Å². The highest BCUT2D eigenvalue weighted by atomic mass is 14.9. The van der Waals surface area contributed by atoms with Crippen molar-refractivity contribution >= 4 is 10.9 Å². The van der Waals surface area contributed by atoms with Crippen molar-refractivity contribution < 1.29 is 0 Å². The minimum atomic E-state index is 1.21. The number of aromatic nitrogens is 2. The van der Waals surface area contributed by atoms with Gasteiger partial charge in [-0.05, 0) is 41.5 Å². The van der Waals surface area contributed by atoms with Crippen molar-refractivity contribution in [2.45, 2.75) is 0 Å². The standard InChI is InChI=1S/C14H12N2/c1-16-9-6-13-10-12(2-3-14(13)16)11-4-7-15-8-5-11/h2-10H,1H3. The molecule has 0 aliphatic rings. The van der Waals surface area contributed by atoms with Crippen molar-refractivity contribution in [2.24, 2.45) is 7.05 Å². The second-order valence-corrected chi connectivity index (χ2v) is 3.94. The van der Waals surface area contributed by atoms with Gasteiger partial charge in [0.15, 0.2) is 0 Å². The van der Waals surface area contributed by atoms with E-state index in [4.69, 9.17) is 0 Å². The van der Waals surface area contributed by atoms with Crippen LogP contribution in [0.5, 0.6) is 0 Å². The molecule has 3 aromatic rings. The molecule has 0 spiro atoms. The van der Waals surface area contributed by atoms with Gasteiger partial charge in [0.1, 0.15) is 0 Å². The van der Waals surface area contributed by atoms with E-state index in [0.717, 1.165) is 0 Å². The molecule has 0 unspecified atom stereocenters. The van der Waals surface area contributed by atoms with Gasteiger partial charge in [-0.15, -0.1) is 0 Å². The molecule has 1 aromatic carbocycles. The zero-order valence-corrected chi connectivity index (χ0v) is 9.09. The number of aryl methyl sites for hydroxylation is 1. The van der Waals surface area contributed by atoms with Crippen molar-refractivity contribution in [3.05, 3.63) is 55.0 Å². The summed E-state index contributed by atoms with van der Waals surface area (Å²) in [4.78, 5) is 4.03. The van der Waals surface area contributed by atoms with E-state index in [1.165, 1.54) is 22.0 Å². The lowest BCUT2D eigenvalue weighted by molar-refractivity contribution is 0.969. The van der Waals surface area contributed by atoms with Gasteiger partial charge >= 0.3 is 0 Å². The van der Waals surface area contributed by atoms with Crippen molar-refractivity contribution in [1.29, 1.82) is 0 Å². The number of hydrogen-bond donors (Lipinski definition) is 0. The molecule has 0 fully saturated rings. The number of fused-ring (bicyclic) bond motifs is 1. The third-order valence-electron chi connectivity index (χ3n) is 2.90. The average molecular weight is 208 g/mol. The Labute approximate surface area is 94.2 Å². The highest BCUT2D eigenvalue weighted by Crippen LogP contribution is 2.24. The fourth-order valence-corrected chi connectivity index (χ4v) is 2.01. The number of rotatable bonds is 1. The number of hydrogen-bond acceptors (Lipinski definition) is 1. The number of benzene rings is 1. The first kappa shape index (κ1) is 9.16. The molecule has 3 rings (SSSR count). The van der Waals surface area contributed by atoms with Gasteiger partial charge in [0.2, 0.25) is 0 Å². The zero-order valence-electron chi connectivity index (χ0n) is 9.09. The molecule has 16 heavy (non-hydrogen) atoms. The van der Waals surface area contributed by atoms with Crippen LogP contribution in [0.4, 0.5) is 0 Å². The summed E-state index contributed by atoms with van der Waals surface area (Å²) in [6, 6.07) is 12.7. The van der Waals surface area contributed by atoms with Gasteiger partial charge < -0.3 is 4.57 Å². The summed E-state index contributed by atoms with van der Waals surface area (Å²) in [7, 11) is 2.06. The zero-order chi connectivity index (χ0) is 11.0. The summed E-state index contributed by atoms with van der Waals surface area (Å²) in [5.74, 6) is 0. The number of nitrogens with zero attached hydrogens (tertiary/aromatic N) is 2. The normalized spacial score (nSPS) is 10.8. The highest BCUT2D eigenvalue weighted by molar-refractivity contribution is 5.85. The third kappa shape index (κ3) is 1.39. The van der Waals surface area contributed by atoms with Crippen LogP contribution in [-0.2, 0) is 7.05 Å². The second-order valence-electron chi connectivity index (χ2n) is 3.94. The lowest BCUT2D eigenvalue weighted by atomic mass is 10.1. The molecular weight excluding hydrogens is 196 g/mol. The second kappa shape index (κ2) is 3.49. The van der Waals surface area contributed by atoms with Crippen LogP contribution >= 0.6 is 0 Å². The molecular formula is C14H12N2. The Morgan fingerprint density at radius 2 is 1.75 bits per heavy atom. The van der Waals surface area contributed by atoms with E-state index in [0.29, 0.717) is 0 Å². The molecule has 78 valence electrons. The molecule has 2 nitrogen and oxygen atoms in total. The first-order valence-corrected chi connectivity index (χ1v) is 5.30. The number of pyridine rings is 1. The summed E-state index contributed by atoms with van der Waals surface area (Å²) < 4.78 is 2.13. The first-order valence-electron chi connectivity index (χ1n) is 5.30. The van der Waals surface area contributed by atoms with Gasteiger partial charge in [-0.3, -0.25) is 4.98 Å². The van der Waals surface area contributed by atoms with Crippen LogP contribution in [-0.4, -0.2) is 9.55 Å². The Kier molecular flexibility index (Phi) is 2.00. The SMILES string of the molecule is Cn1ccc2cc(-c3ccncc3)ccc21. The predicted octanol–water partition coefficient (Wildman–Crippen LogP) is 3.24. The summed E-state index contributed by atoms with van der Waals surface area (Å²) >= 11 is 0. The predicted molar refractivity (Wildman–Crippen MR) is 66.2 cm³/mol. The van der Waals surface area contributed by atoms with E-state index in [2.05, 4.69) is 47.1 Å². The molecule has 2 aromatic heterocycles. The van der Waals surface area contributed by atoms with Crippen LogP contribution in [0.2, 0.25) is 0 Å². The maximum absolute atomic E-state index is 4.03. The topological polar surface area (TPSA) is 17.8 Å². The molecule has 0 aliphatic carbocycles. The highest BCUT2D eigenvalue weighted by Gasteiger charge is 2.01. The third-order valence-corrected chi connectivity index (χ3v) is 2.90. The van der Waals surface area contributed by atoms with Crippen LogP contribution < -0.4 is 0 Å². The minimum absolute atomic E-state index is 1.21. The molecule has 0 radical (unpaired) electrons. The van der Waals surface area contributed by atoms with Crippen LogP contribution in [0.3, 0.4) is 0 Å². The van der Waals surface area contributed by atoms with E-state index in [9.17, 15) is 0 Å². The Bertz CT molecular complexity index is 624. The summed E-state index contributed by atoms with van der Waals surface area (Å²) in [5.41, 5.74) is 3.71. The van der Waals surface area contributed by atoms with E-state index in [-0.39, 0.29) is 0 Å². The van der Waals surface area contributed by atoms with Crippen molar-refractivity contribution in [3.63, 3.8) is 0 Å². The fraction of sp³-hybridized carbons (Fsp3) is 0.0714. The van der Waals surface area contributed by atoms with Gasteiger partial charge in [0.25, 0.3) is 0 Å². The molecule has 2 heterocycles. The van der Waals surface area contributed by atoms with Gasteiger partial charge in [0.05, 0.1) is 0 Å². The van der Waals surface area contributed by atoms with Crippen LogP contribution in [0.1, 0.15) is 0 Å². The van der Waals surface area contributed by atoms with E-state index < -0.39 is 0 Å². The van der Waals surface area contributed by atoms with Crippen molar-refractivity contribution in [1.82, 2.24) is 9.55 Å². The summed E-state index contributed by atoms with van der Waals surface area (Å²) in [6.07, 6.45) is 5.73. The molecule has 0 saturated heterocycles. The average Bonchev–Trinajstić information content (AvgIpc) is 2.72. The molecule has 0 amide bonds. The lowest BCUT2D eigenvalue weighted by Crippen LogP contribution is -1.84. The fourth-order valence-electron chi connectivity index (χ4n) is 2.01. The lowest BCUT2D eigenvalue weighted by Gasteiger charge is -2.02. The van der Waals surface area contributed by atoms with Crippen LogP contribution in [0.25, 0.3) is 22.0 Å². The van der Waals surface area contributed by atoms with E-state index >= 15 is 0 Å². The summed E-state index contributed by atoms with van der Waals surface area (Å²) in [6.45, 7) is 0. The maximum Gasteiger partial charge on any atom is 0.0478 e. The molecule has 0 saturated carbocycles. The van der Waals surface area contributed by atoms with E-state index in [1.807, 2.05) is 24.5 Å². The largest absolute Gasteiger partial charge is 0.351 e. The van der Waals surface area contributed by atoms with E-state index in [1.54, 1.807) is 0 Å². The first-order chi connectivity index (χ1) is 7.84. The van der Waals surface area contributed by atoms with Gasteiger partial charge in [-0.1, -0.05) is 6.07 Å². The van der Waals surface area contributed by atoms with Crippen molar-refractivity contribution in [2.75, 3.05) is 0 Å². The summed E-state index contributed by atoms with van der Waals surface area (Å²) in [5, 5.41) is 1.27. The molecule has 0 N–H and O–H groups in total. The molecule has 0 bridgehead atoms. The van der Waals surface area contributed by atoms with Gasteiger partial charge in [0, 0.05) is 36.5 Å². The Morgan fingerprint density at radius 1 is 0.938 bits per heavy atom. The smallest absolute Gasteiger partial charge is 0.0478 e. The molecule has 0 atom stereocenters. The Hall–Kier alpha value is -2.09. The Balaban J connectivity index is 2.19. The van der Waals surface area contributed by atoms with Gasteiger partial charge in [-0.25, -0.2) is 0 Å².